The minimum absolute atomic E-state index is 0.356. The van der Waals surface area contributed by atoms with Crippen LogP contribution in [0.3, 0.4) is 0 Å². The molecule has 0 amide bonds. The van der Waals surface area contributed by atoms with Gasteiger partial charge in [0.25, 0.3) is 0 Å². The number of nitrogens with zero attached hydrogens (tertiary/aromatic N) is 3. The van der Waals surface area contributed by atoms with Crippen LogP contribution in [0.2, 0.25) is 0 Å². The molecule has 1 atom stereocenters. The molecule has 0 radical (unpaired) electrons. The first kappa shape index (κ1) is 6.87. The summed E-state index contributed by atoms with van der Waals surface area (Å²) < 4.78 is 10.5. The lowest BCUT2D eigenvalue weighted by Crippen LogP contribution is -2.34. The van der Waals surface area contributed by atoms with Gasteiger partial charge >= 0.3 is 0 Å². The summed E-state index contributed by atoms with van der Waals surface area (Å²) in [4.78, 5) is 4.04. The summed E-state index contributed by atoms with van der Waals surface area (Å²) in [5.74, 6) is 0. The van der Waals surface area contributed by atoms with E-state index in [-0.39, 0.29) is 6.29 Å². The summed E-state index contributed by atoms with van der Waals surface area (Å²) in [5, 5.41) is 7.56. The molecule has 60 valence electrons. The van der Waals surface area contributed by atoms with Crippen molar-refractivity contribution in [2.75, 3.05) is 13.2 Å². The second-order valence-corrected chi connectivity index (χ2v) is 2.63. The fourth-order valence-electron chi connectivity index (χ4n) is 1.09. The van der Waals surface area contributed by atoms with Crippen LogP contribution in [0, 0.1) is 0 Å². The molecule has 0 aromatic carbocycles. The molecule has 1 unspecified atom stereocenters. The molecular formula is C6H9N3O2. The molecule has 2 aliphatic heterocycles. The van der Waals surface area contributed by atoms with Crippen molar-refractivity contribution in [1.29, 1.82) is 0 Å². The number of aliphatic imine (C=N–C) groups is 1. The smallest absolute Gasteiger partial charge is 0.220 e. The maximum Gasteiger partial charge on any atom is 0.220 e. The summed E-state index contributed by atoms with van der Waals surface area (Å²) in [6.45, 7) is 3.06. The van der Waals surface area contributed by atoms with E-state index < -0.39 is 5.66 Å². The molecule has 5 heteroatoms. The zero-order valence-electron chi connectivity index (χ0n) is 6.23. The molecule has 2 heterocycles. The van der Waals surface area contributed by atoms with Gasteiger partial charge in [0.15, 0.2) is 0 Å². The van der Waals surface area contributed by atoms with Gasteiger partial charge in [-0.3, -0.25) is 0 Å². The first-order chi connectivity index (χ1) is 5.31. The second kappa shape index (κ2) is 2.35. The zero-order chi connectivity index (χ0) is 7.73. The van der Waals surface area contributed by atoms with E-state index in [1.165, 1.54) is 6.34 Å². The summed E-state index contributed by atoms with van der Waals surface area (Å²) in [5.41, 5.74) is -0.642. The number of hydrogen-bond acceptors (Lipinski definition) is 5. The van der Waals surface area contributed by atoms with Gasteiger partial charge < -0.3 is 9.47 Å². The molecule has 1 fully saturated rings. The van der Waals surface area contributed by atoms with Crippen LogP contribution in [0.15, 0.2) is 15.2 Å². The van der Waals surface area contributed by atoms with E-state index in [1.54, 1.807) is 0 Å². The Morgan fingerprint density at radius 1 is 1.45 bits per heavy atom. The molecule has 1 saturated heterocycles. The topological polar surface area (TPSA) is 55.5 Å². The van der Waals surface area contributed by atoms with E-state index >= 15 is 0 Å². The fraction of sp³-hybridized carbons (Fsp3) is 0.833. The Hall–Kier alpha value is -0.810. The molecule has 0 aromatic rings. The molecule has 0 bridgehead atoms. The highest BCUT2D eigenvalue weighted by molar-refractivity contribution is 5.57. The fourth-order valence-corrected chi connectivity index (χ4v) is 1.09. The highest BCUT2D eigenvalue weighted by atomic mass is 16.7. The van der Waals surface area contributed by atoms with Crippen LogP contribution in [-0.4, -0.2) is 31.5 Å². The van der Waals surface area contributed by atoms with Gasteiger partial charge in [-0.15, -0.1) is 5.11 Å². The van der Waals surface area contributed by atoms with Crippen molar-refractivity contribution in [3.63, 3.8) is 0 Å². The van der Waals surface area contributed by atoms with Gasteiger partial charge in [-0.2, -0.15) is 5.11 Å². The van der Waals surface area contributed by atoms with Gasteiger partial charge in [0, 0.05) is 0 Å². The quantitative estimate of drug-likeness (QED) is 0.555. The molecule has 0 aliphatic carbocycles. The highest BCUT2D eigenvalue weighted by Gasteiger charge is 2.39. The Morgan fingerprint density at radius 2 is 2.18 bits per heavy atom. The Labute approximate surface area is 64.1 Å². The second-order valence-electron chi connectivity index (χ2n) is 2.63. The molecule has 2 rings (SSSR count). The summed E-state index contributed by atoms with van der Waals surface area (Å²) in [7, 11) is 0. The minimum Gasteiger partial charge on any atom is -0.346 e. The van der Waals surface area contributed by atoms with Crippen molar-refractivity contribution in [2.45, 2.75) is 18.9 Å². The predicted octanol–water partition coefficient (Wildman–Crippen LogP) is 0.570. The Kier molecular flexibility index (Phi) is 1.47. The lowest BCUT2D eigenvalue weighted by Gasteiger charge is -2.20. The SMILES string of the molecule is CC1(C2OCCO2)N=CN=N1. The number of hydrogen-bond donors (Lipinski definition) is 0. The summed E-state index contributed by atoms with van der Waals surface area (Å²) in [6, 6.07) is 0. The van der Waals surface area contributed by atoms with Gasteiger partial charge in [0.1, 0.15) is 6.34 Å². The maximum absolute atomic E-state index is 5.25. The molecule has 0 saturated carbocycles. The average molecular weight is 155 g/mol. The largest absolute Gasteiger partial charge is 0.346 e. The normalized spacial score (nSPS) is 37.2. The van der Waals surface area contributed by atoms with E-state index in [4.69, 9.17) is 9.47 Å². The third kappa shape index (κ3) is 1.06. The first-order valence-corrected chi connectivity index (χ1v) is 3.50. The van der Waals surface area contributed by atoms with E-state index in [9.17, 15) is 0 Å². The molecule has 0 aromatic heterocycles. The first-order valence-electron chi connectivity index (χ1n) is 3.50. The molecule has 0 N–H and O–H groups in total. The Morgan fingerprint density at radius 3 is 2.73 bits per heavy atom. The number of azo groups is 1. The molecule has 0 spiro atoms. The van der Waals surface area contributed by atoms with Crippen LogP contribution in [0.5, 0.6) is 0 Å². The van der Waals surface area contributed by atoms with Crippen molar-refractivity contribution in [3.05, 3.63) is 0 Å². The lowest BCUT2D eigenvalue weighted by molar-refractivity contribution is -0.0866. The van der Waals surface area contributed by atoms with Crippen molar-refractivity contribution >= 4 is 6.34 Å². The van der Waals surface area contributed by atoms with Crippen LogP contribution in [-0.2, 0) is 9.47 Å². The van der Waals surface area contributed by atoms with Crippen LogP contribution >= 0.6 is 0 Å². The highest BCUT2D eigenvalue weighted by Crippen LogP contribution is 2.26. The molecule has 5 nitrogen and oxygen atoms in total. The van der Waals surface area contributed by atoms with Gasteiger partial charge in [-0.25, -0.2) is 4.99 Å². The third-order valence-electron chi connectivity index (χ3n) is 1.70. The van der Waals surface area contributed by atoms with Gasteiger partial charge in [-0.1, -0.05) is 0 Å². The monoisotopic (exact) mass is 155 g/mol. The van der Waals surface area contributed by atoms with E-state index in [2.05, 4.69) is 15.2 Å². The maximum atomic E-state index is 5.25. The minimum atomic E-state index is -0.642. The molecule has 2 aliphatic rings. The standard InChI is InChI=1S/C6H9N3O2/c1-6(7-4-8-9-6)5-10-2-3-11-5/h4-5H,2-3H2,1H3. The van der Waals surface area contributed by atoms with Crippen molar-refractivity contribution in [1.82, 2.24) is 0 Å². The van der Waals surface area contributed by atoms with Gasteiger partial charge in [0.2, 0.25) is 12.0 Å². The van der Waals surface area contributed by atoms with Crippen LogP contribution in [0.4, 0.5) is 0 Å². The summed E-state index contributed by atoms with van der Waals surface area (Å²) >= 11 is 0. The Bertz CT molecular complexity index is 196. The van der Waals surface area contributed by atoms with Crippen LogP contribution in [0.25, 0.3) is 0 Å². The molecular weight excluding hydrogens is 146 g/mol. The van der Waals surface area contributed by atoms with Gasteiger partial charge in [-0.05, 0) is 6.92 Å². The average Bonchev–Trinajstić information content (AvgIpc) is 2.55. The van der Waals surface area contributed by atoms with Crippen LogP contribution in [0.1, 0.15) is 6.92 Å². The van der Waals surface area contributed by atoms with Gasteiger partial charge in [0.05, 0.1) is 13.2 Å². The van der Waals surface area contributed by atoms with E-state index in [0.29, 0.717) is 13.2 Å². The number of rotatable bonds is 1. The zero-order valence-corrected chi connectivity index (χ0v) is 6.23. The van der Waals surface area contributed by atoms with Crippen molar-refractivity contribution in [2.24, 2.45) is 15.2 Å². The van der Waals surface area contributed by atoms with E-state index in [0.717, 1.165) is 0 Å². The van der Waals surface area contributed by atoms with Crippen LogP contribution < -0.4 is 0 Å². The number of ether oxygens (including phenoxy) is 2. The Balaban J connectivity index is 2.13. The summed E-state index contributed by atoms with van der Waals surface area (Å²) in [6.07, 6.45) is 1.07. The van der Waals surface area contributed by atoms with Crippen molar-refractivity contribution in [3.8, 4) is 0 Å². The predicted molar refractivity (Wildman–Crippen MR) is 37.4 cm³/mol. The molecule has 11 heavy (non-hydrogen) atoms. The van der Waals surface area contributed by atoms with Crippen molar-refractivity contribution < 1.29 is 9.47 Å². The lowest BCUT2D eigenvalue weighted by atomic mass is 10.2. The van der Waals surface area contributed by atoms with E-state index in [1.807, 2.05) is 6.92 Å². The third-order valence-corrected chi connectivity index (χ3v) is 1.70.